The molecule has 0 bridgehead atoms. The zero-order valence-corrected chi connectivity index (χ0v) is 9.68. The molecule has 0 heterocycles. The van der Waals surface area contributed by atoms with Gasteiger partial charge in [0, 0.05) is 0 Å². The molecular formula is C10H13Cl2NO. The van der Waals surface area contributed by atoms with Gasteiger partial charge >= 0.3 is 0 Å². The van der Waals surface area contributed by atoms with Gasteiger partial charge in [-0.1, -0.05) is 35.3 Å². The molecule has 0 aliphatic rings. The average molecular weight is 234 g/mol. The summed E-state index contributed by atoms with van der Waals surface area (Å²) in [6.07, 6.45) is 0. The van der Waals surface area contributed by atoms with Crippen molar-refractivity contribution in [3.8, 4) is 0 Å². The minimum absolute atomic E-state index is 0.0209. The van der Waals surface area contributed by atoms with Crippen molar-refractivity contribution < 1.29 is 5.11 Å². The van der Waals surface area contributed by atoms with Crippen molar-refractivity contribution in [3.05, 3.63) is 33.8 Å². The van der Waals surface area contributed by atoms with Gasteiger partial charge in [-0.05, 0) is 25.7 Å². The first-order chi connectivity index (χ1) is 6.57. The number of hydrogen-bond acceptors (Lipinski definition) is 2. The summed E-state index contributed by atoms with van der Waals surface area (Å²) in [6.45, 7) is 0.0209. The first-order valence-electron chi connectivity index (χ1n) is 4.29. The van der Waals surface area contributed by atoms with E-state index in [9.17, 15) is 5.11 Å². The van der Waals surface area contributed by atoms with Gasteiger partial charge in [0.05, 0.1) is 22.7 Å². The van der Waals surface area contributed by atoms with E-state index in [0.29, 0.717) is 10.0 Å². The third-order valence-electron chi connectivity index (χ3n) is 2.14. The van der Waals surface area contributed by atoms with Gasteiger partial charge < -0.3 is 10.0 Å². The molecule has 14 heavy (non-hydrogen) atoms. The van der Waals surface area contributed by atoms with E-state index in [2.05, 4.69) is 0 Å². The highest BCUT2D eigenvalue weighted by Gasteiger charge is 2.16. The number of aliphatic hydroxyl groups excluding tert-OH is 1. The predicted molar refractivity (Wildman–Crippen MR) is 60.0 cm³/mol. The summed E-state index contributed by atoms with van der Waals surface area (Å²) in [5.74, 6) is 0. The van der Waals surface area contributed by atoms with E-state index >= 15 is 0 Å². The Balaban J connectivity index is 3.10. The van der Waals surface area contributed by atoms with Gasteiger partial charge in [0.15, 0.2) is 0 Å². The SMILES string of the molecule is CN(C)[C@@H](CO)c1cccc(Cl)c1Cl. The van der Waals surface area contributed by atoms with Gasteiger partial charge in [0.1, 0.15) is 0 Å². The number of benzene rings is 1. The lowest BCUT2D eigenvalue weighted by atomic mass is 10.1. The lowest BCUT2D eigenvalue weighted by Gasteiger charge is -2.23. The molecule has 1 atom stereocenters. The fourth-order valence-electron chi connectivity index (χ4n) is 1.32. The van der Waals surface area contributed by atoms with E-state index in [1.54, 1.807) is 6.07 Å². The normalized spacial score (nSPS) is 13.3. The molecular weight excluding hydrogens is 221 g/mol. The van der Waals surface area contributed by atoms with E-state index in [-0.39, 0.29) is 12.6 Å². The average Bonchev–Trinajstić information content (AvgIpc) is 2.13. The summed E-state index contributed by atoms with van der Waals surface area (Å²) in [5, 5.41) is 10.3. The van der Waals surface area contributed by atoms with Crippen molar-refractivity contribution in [1.29, 1.82) is 0 Å². The maximum Gasteiger partial charge on any atom is 0.0641 e. The quantitative estimate of drug-likeness (QED) is 0.868. The number of aliphatic hydroxyl groups is 1. The Labute approximate surface area is 94.1 Å². The van der Waals surface area contributed by atoms with Crippen molar-refractivity contribution in [2.45, 2.75) is 6.04 Å². The summed E-state index contributed by atoms with van der Waals surface area (Å²) < 4.78 is 0. The highest BCUT2D eigenvalue weighted by Crippen LogP contribution is 2.31. The molecule has 0 spiro atoms. The largest absolute Gasteiger partial charge is 0.394 e. The van der Waals surface area contributed by atoms with Gasteiger partial charge in [-0.3, -0.25) is 0 Å². The smallest absolute Gasteiger partial charge is 0.0641 e. The van der Waals surface area contributed by atoms with Crippen LogP contribution in [0.1, 0.15) is 11.6 Å². The van der Waals surface area contributed by atoms with Crippen LogP contribution in [0.5, 0.6) is 0 Å². The van der Waals surface area contributed by atoms with Crippen molar-refractivity contribution in [2.24, 2.45) is 0 Å². The molecule has 0 aliphatic carbocycles. The van der Waals surface area contributed by atoms with Crippen LogP contribution >= 0.6 is 23.2 Å². The number of halogens is 2. The summed E-state index contributed by atoms with van der Waals surface area (Å²) in [6, 6.07) is 5.32. The molecule has 1 aromatic rings. The van der Waals surface area contributed by atoms with E-state index < -0.39 is 0 Å². The van der Waals surface area contributed by atoms with Gasteiger partial charge in [0.25, 0.3) is 0 Å². The standard InChI is InChI=1S/C10H13Cl2NO/c1-13(2)9(6-14)7-4-3-5-8(11)10(7)12/h3-5,9,14H,6H2,1-2H3/t9-/m0/s1. The van der Waals surface area contributed by atoms with Crippen molar-refractivity contribution in [3.63, 3.8) is 0 Å². The number of nitrogens with zero attached hydrogens (tertiary/aromatic N) is 1. The van der Waals surface area contributed by atoms with Gasteiger partial charge in [-0.25, -0.2) is 0 Å². The molecule has 0 unspecified atom stereocenters. The van der Waals surface area contributed by atoms with Gasteiger partial charge in [0.2, 0.25) is 0 Å². The first kappa shape index (κ1) is 11.8. The third kappa shape index (κ3) is 2.39. The second-order valence-corrected chi connectivity index (χ2v) is 4.09. The van der Waals surface area contributed by atoms with Crippen LogP contribution in [0.15, 0.2) is 18.2 Å². The molecule has 0 aromatic heterocycles. The lowest BCUT2D eigenvalue weighted by molar-refractivity contribution is 0.171. The predicted octanol–water partition coefficient (Wildman–Crippen LogP) is 2.59. The van der Waals surface area contributed by atoms with E-state index in [1.807, 2.05) is 31.1 Å². The summed E-state index contributed by atoms with van der Waals surface area (Å²) in [5.41, 5.74) is 0.853. The van der Waals surface area contributed by atoms with Crippen molar-refractivity contribution >= 4 is 23.2 Å². The molecule has 1 aromatic carbocycles. The Bertz CT molecular complexity index is 315. The van der Waals surface area contributed by atoms with Crippen LogP contribution in [0.4, 0.5) is 0 Å². The molecule has 0 fully saturated rings. The molecule has 1 N–H and O–H groups in total. The first-order valence-corrected chi connectivity index (χ1v) is 5.04. The monoisotopic (exact) mass is 233 g/mol. The maximum atomic E-state index is 9.22. The molecule has 0 aliphatic heterocycles. The summed E-state index contributed by atoms with van der Waals surface area (Å²) in [7, 11) is 3.77. The highest BCUT2D eigenvalue weighted by molar-refractivity contribution is 6.42. The molecule has 0 saturated heterocycles. The van der Waals surface area contributed by atoms with Crippen LogP contribution in [0, 0.1) is 0 Å². The maximum absolute atomic E-state index is 9.22. The van der Waals surface area contributed by atoms with Crippen LogP contribution in [-0.2, 0) is 0 Å². The second-order valence-electron chi connectivity index (χ2n) is 3.31. The minimum Gasteiger partial charge on any atom is -0.394 e. The lowest BCUT2D eigenvalue weighted by Crippen LogP contribution is -2.23. The zero-order valence-electron chi connectivity index (χ0n) is 8.17. The van der Waals surface area contributed by atoms with Crippen LogP contribution in [0.25, 0.3) is 0 Å². The molecule has 0 amide bonds. The van der Waals surface area contributed by atoms with Crippen LogP contribution in [0.3, 0.4) is 0 Å². The Morgan fingerprint density at radius 1 is 1.36 bits per heavy atom. The highest BCUT2D eigenvalue weighted by atomic mass is 35.5. The summed E-state index contributed by atoms with van der Waals surface area (Å²) in [4.78, 5) is 1.90. The van der Waals surface area contributed by atoms with Crippen LogP contribution < -0.4 is 0 Å². The van der Waals surface area contributed by atoms with Crippen LogP contribution in [-0.4, -0.2) is 30.7 Å². The Kier molecular flexibility index (Phi) is 4.20. The van der Waals surface area contributed by atoms with E-state index in [0.717, 1.165) is 5.56 Å². The molecule has 1 rings (SSSR count). The summed E-state index contributed by atoms with van der Waals surface area (Å²) >= 11 is 11.9. The number of hydrogen-bond donors (Lipinski definition) is 1. The van der Waals surface area contributed by atoms with Gasteiger partial charge in [-0.2, -0.15) is 0 Å². The van der Waals surface area contributed by atoms with Crippen molar-refractivity contribution in [1.82, 2.24) is 4.90 Å². The Hall–Kier alpha value is -0.280. The van der Waals surface area contributed by atoms with Crippen molar-refractivity contribution in [2.75, 3.05) is 20.7 Å². The van der Waals surface area contributed by atoms with Gasteiger partial charge in [-0.15, -0.1) is 0 Å². The van der Waals surface area contributed by atoms with E-state index in [1.165, 1.54) is 0 Å². The fourth-order valence-corrected chi connectivity index (χ4v) is 1.75. The molecule has 0 radical (unpaired) electrons. The zero-order chi connectivity index (χ0) is 10.7. The Morgan fingerprint density at radius 2 is 2.00 bits per heavy atom. The molecule has 4 heteroatoms. The number of likely N-dealkylation sites (N-methyl/N-ethyl adjacent to an activating group) is 1. The molecule has 2 nitrogen and oxygen atoms in total. The van der Waals surface area contributed by atoms with E-state index in [4.69, 9.17) is 23.2 Å². The second kappa shape index (κ2) is 4.99. The fraction of sp³-hybridized carbons (Fsp3) is 0.400. The van der Waals surface area contributed by atoms with Crippen LogP contribution in [0.2, 0.25) is 10.0 Å². The third-order valence-corrected chi connectivity index (χ3v) is 2.97. The minimum atomic E-state index is -0.110. The molecule has 0 saturated carbocycles. The topological polar surface area (TPSA) is 23.5 Å². The number of rotatable bonds is 3. The molecule has 78 valence electrons. The Morgan fingerprint density at radius 3 is 2.50 bits per heavy atom.